The van der Waals surface area contributed by atoms with E-state index in [0.717, 1.165) is 5.56 Å². The zero-order valence-corrected chi connectivity index (χ0v) is 14.9. The average molecular weight is 364 g/mol. The fraction of sp³-hybridized carbons (Fsp3) is 0.143. The van der Waals surface area contributed by atoms with Crippen LogP contribution in [0.25, 0.3) is 10.9 Å². The molecule has 138 valence electrons. The quantitative estimate of drug-likeness (QED) is 0.659. The number of benzene rings is 2. The first-order valence-electron chi connectivity index (χ1n) is 8.43. The number of hydrogen-bond donors (Lipinski definition) is 2. The molecule has 6 nitrogen and oxygen atoms in total. The topological polar surface area (TPSA) is 80.6 Å². The van der Waals surface area contributed by atoms with Gasteiger partial charge in [-0.25, -0.2) is 0 Å². The molecule has 6 heteroatoms. The van der Waals surface area contributed by atoms with Crippen LogP contribution in [-0.2, 0) is 13.1 Å². The van der Waals surface area contributed by atoms with Crippen molar-refractivity contribution in [1.29, 1.82) is 0 Å². The molecular weight excluding hydrogens is 344 g/mol. The van der Waals surface area contributed by atoms with E-state index in [-0.39, 0.29) is 24.4 Å². The molecule has 0 spiro atoms. The fourth-order valence-electron chi connectivity index (χ4n) is 2.92. The number of hydrogen-bond acceptors (Lipinski definition) is 4. The minimum Gasteiger partial charge on any atom is -0.506 e. The van der Waals surface area contributed by atoms with Crippen molar-refractivity contribution >= 4 is 16.8 Å². The number of carbonyl (C=O) groups is 1. The van der Waals surface area contributed by atoms with Crippen molar-refractivity contribution in [3.8, 4) is 11.5 Å². The van der Waals surface area contributed by atoms with Crippen molar-refractivity contribution in [3.63, 3.8) is 0 Å². The molecular formula is C21H20N2O4. The van der Waals surface area contributed by atoms with Crippen LogP contribution in [0.2, 0.25) is 0 Å². The molecule has 27 heavy (non-hydrogen) atoms. The highest BCUT2D eigenvalue weighted by molar-refractivity contribution is 6.02. The smallest absolute Gasteiger partial charge is 0.268 e. The van der Waals surface area contributed by atoms with Crippen molar-refractivity contribution in [2.75, 3.05) is 7.11 Å². The Morgan fingerprint density at radius 2 is 1.93 bits per heavy atom. The number of rotatable bonds is 6. The summed E-state index contributed by atoms with van der Waals surface area (Å²) in [5.41, 5.74) is 0.560. The molecule has 0 fully saturated rings. The van der Waals surface area contributed by atoms with Gasteiger partial charge in [-0.3, -0.25) is 9.59 Å². The lowest BCUT2D eigenvalue weighted by Gasteiger charge is -2.14. The van der Waals surface area contributed by atoms with Gasteiger partial charge in [0.25, 0.3) is 11.5 Å². The predicted octanol–water partition coefficient (Wildman–Crippen LogP) is 2.83. The third-order valence-corrected chi connectivity index (χ3v) is 4.30. The largest absolute Gasteiger partial charge is 0.506 e. The molecule has 1 heterocycles. The lowest BCUT2D eigenvalue weighted by Crippen LogP contribution is -2.33. The van der Waals surface area contributed by atoms with E-state index in [2.05, 4.69) is 11.9 Å². The number of ether oxygens (including phenoxy) is 1. The van der Waals surface area contributed by atoms with Gasteiger partial charge in [0.05, 0.1) is 12.6 Å². The van der Waals surface area contributed by atoms with Crippen LogP contribution in [0.1, 0.15) is 15.9 Å². The molecule has 1 amide bonds. The minimum absolute atomic E-state index is 0.218. The van der Waals surface area contributed by atoms with Gasteiger partial charge in [0.1, 0.15) is 17.1 Å². The van der Waals surface area contributed by atoms with E-state index in [1.54, 1.807) is 49.6 Å². The molecule has 2 N–H and O–H groups in total. The van der Waals surface area contributed by atoms with Crippen molar-refractivity contribution in [3.05, 3.63) is 82.7 Å². The summed E-state index contributed by atoms with van der Waals surface area (Å²) in [6.45, 7) is 4.11. The first-order chi connectivity index (χ1) is 13.1. The van der Waals surface area contributed by atoms with E-state index in [0.29, 0.717) is 16.7 Å². The molecule has 0 radical (unpaired) electrons. The first kappa shape index (κ1) is 18.3. The van der Waals surface area contributed by atoms with Gasteiger partial charge in [-0.15, -0.1) is 6.58 Å². The number of nitrogens with zero attached hydrogens (tertiary/aromatic N) is 1. The number of fused-ring (bicyclic) bond motifs is 1. The summed E-state index contributed by atoms with van der Waals surface area (Å²) in [6.07, 6.45) is 1.57. The van der Waals surface area contributed by atoms with Crippen LogP contribution >= 0.6 is 0 Å². The normalized spacial score (nSPS) is 10.6. The van der Waals surface area contributed by atoms with E-state index >= 15 is 0 Å². The highest BCUT2D eigenvalue weighted by Gasteiger charge is 2.21. The number of aromatic hydroxyl groups is 1. The van der Waals surface area contributed by atoms with Crippen LogP contribution in [0.3, 0.4) is 0 Å². The molecule has 0 aliphatic rings. The van der Waals surface area contributed by atoms with Crippen molar-refractivity contribution < 1.29 is 14.6 Å². The second-order valence-corrected chi connectivity index (χ2v) is 5.98. The van der Waals surface area contributed by atoms with Crippen molar-refractivity contribution in [2.24, 2.45) is 0 Å². The molecule has 0 unspecified atom stereocenters. The number of pyridine rings is 1. The Hall–Kier alpha value is -3.54. The summed E-state index contributed by atoms with van der Waals surface area (Å²) in [5.74, 6) is -0.232. The van der Waals surface area contributed by atoms with Gasteiger partial charge in [-0.05, 0) is 29.8 Å². The Morgan fingerprint density at radius 3 is 2.59 bits per heavy atom. The molecule has 0 aliphatic heterocycles. The number of methoxy groups -OCH3 is 1. The van der Waals surface area contributed by atoms with Gasteiger partial charge in [0.2, 0.25) is 0 Å². The Balaban J connectivity index is 1.96. The van der Waals surface area contributed by atoms with E-state index in [1.165, 1.54) is 4.57 Å². The second-order valence-electron chi connectivity index (χ2n) is 5.98. The van der Waals surface area contributed by atoms with E-state index in [4.69, 9.17) is 4.74 Å². The molecule has 0 saturated carbocycles. The Morgan fingerprint density at radius 1 is 1.22 bits per heavy atom. The van der Waals surface area contributed by atoms with Crippen molar-refractivity contribution in [1.82, 2.24) is 9.88 Å². The molecule has 0 atom stereocenters. The van der Waals surface area contributed by atoms with Crippen molar-refractivity contribution in [2.45, 2.75) is 13.1 Å². The Bertz CT molecular complexity index is 1050. The fourth-order valence-corrected chi connectivity index (χ4v) is 2.92. The lowest BCUT2D eigenvalue weighted by molar-refractivity contribution is 0.0946. The zero-order chi connectivity index (χ0) is 19.4. The van der Waals surface area contributed by atoms with Gasteiger partial charge in [-0.1, -0.05) is 30.3 Å². The summed E-state index contributed by atoms with van der Waals surface area (Å²) >= 11 is 0. The molecule has 2 aromatic carbocycles. The van der Waals surface area contributed by atoms with Gasteiger partial charge in [0.15, 0.2) is 0 Å². The Labute approximate surface area is 156 Å². The molecule has 0 bridgehead atoms. The summed E-state index contributed by atoms with van der Waals surface area (Å²) in [5, 5.41) is 13.7. The zero-order valence-electron chi connectivity index (χ0n) is 14.9. The van der Waals surface area contributed by atoms with Crippen LogP contribution in [0, 0.1) is 0 Å². The molecule has 1 aromatic heterocycles. The Kier molecular flexibility index (Phi) is 5.26. The highest BCUT2D eigenvalue weighted by Crippen LogP contribution is 2.26. The third kappa shape index (κ3) is 3.55. The SMILES string of the molecule is C=CCn1c(=O)c(C(=O)NCc2ccc(OC)cc2)c(O)c2ccccc21. The molecule has 3 rings (SSSR count). The average Bonchev–Trinajstić information content (AvgIpc) is 2.70. The van der Waals surface area contributed by atoms with Crippen LogP contribution < -0.4 is 15.6 Å². The monoisotopic (exact) mass is 364 g/mol. The van der Waals surface area contributed by atoms with E-state index in [9.17, 15) is 14.7 Å². The van der Waals surface area contributed by atoms with Crippen LogP contribution in [0.5, 0.6) is 11.5 Å². The maximum absolute atomic E-state index is 12.8. The summed E-state index contributed by atoms with van der Waals surface area (Å²) < 4.78 is 6.52. The van der Waals surface area contributed by atoms with E-state index < -0.39 is 11.5 Å². The summed E-state index contributed by atoms with van der Waals surface area (Å²) in [4.78, 5) is 25.5. The second kappa shape index (κ2) is 7.78. The van der Waals surface area contributed by atoms with Crippen LogP contribution in [-0.4, -0.2) is 22.7 Å². The maximum Gasteiger partial charge on any atom is 0.268 e. The minimum atomic E-state index is -0.628. The number of carbonyl (C=O) groups excluding carboxylic acids is 1. The maximum atomic E-state index is 12.8. The van der Waals surface area contributed by atoms with E-state index in [1.807, 2.05) is 12.1 Å². The number of nitrogens with one attached hydrogen (secondary N) is 1. The summed E-state index contributed by atoms with van der Waals surface area (Å²) in [7, 11) is 1.58. The van der Waals surface area contributed by atoms with Gasteiger partial charge >= 0.3 is 0 Å². The lowest BCUT2D eigenvalue weighted by atomic mass is 10.1. The third-order valence-electron chi connectivity index (χ3n) is 4.30. The van der Waals surface area contributed by atoms with Crippen LogP contribution in [0.4, 0.5) is 0 Å². The molecule has 0 saturated heterocycles. The van der Waals surface area contributed by atoms with Gasteiger partial charge < -0.3 is 19.7 Å². The highest BCUT2D eigenvalue weighted by atomic mass is 16.5. The predicted molar refractivity (Wildman–Crippen MR) is 104 cm³/mol. The molecule has 0 aliphatic carbocycles. The summed E-state index contributed by atoms with van der Waals surface area (Å²) in [6, 6.07) is 14.1. The molecule has 3 aromatic rings. The number of amides is 1. The first-order valence-corrected chi connectivity index (χ1v) is 8.43. The van der Waals surface area contributed by atoms with Crippen LogP contribution in [0.15, 0.2) is 66.0 Å². The number of aromatic nitrogens is 1. The number of para-hydroxylation sites is 1. The van der Waals surface area contributed by atoms with Gasteiger partial charge in [0, 0.05) is 18.5 Å². The number of allylic oxidation sites excluding steroid dienone is 1. The van der Waals surface area contributed by atoms with Gasteiger partial charge in [-0.2, -0.15) is 0 Å². The standard InChI is InChI=1S/C21H20N2O4/c1-3-12-23-17-7-5-4-6-16(17)19(24)18(21(23)26)20(25)22-13-14-8-10-15(27-2)11-9-14/h3-11,24H,1,12-13H2,2H3,(H,22,25).